The molecule has 6 rings (SSSR count). The Labute approximate surface area is 228 Å². The number of benzene rings is 1. The van der Waals surface area contributed by atoms with Gasteiger partial charge in [-0.1, -0.05) is 23.7 Å². The lowest BCUT2D eigenvalue weighted by molar-refractivity contribution is 0.0294. The number of aromatic nitrogens is 2. The molecule has 3 fully saturated rings. The second-order valence-corrected chi connectivity index (χ2v) is 12.8. The zero-order chi connectivity index (χ0) is 26.3. The molecule has 1 aromatic carbocycles. The maximum Gasteiger partial charge on any atom is 0.274 e. The fourth-order valence-electron chi connectivity index (χ4n) is 6.06. The van der Waals surface area contributed by atoms with Crippen molar-refractivity contribution in [2.45, 2.75) is 29.5 Å². The maximum absolute atomic E-state index is 13.6. The molecule has 0 N–H and O–H groups in total. The van der Waals surface area contributed by atoms with Crippen molar-refractivity contribution in [2.24, 2.45) is 0 Å². The Bertz CT molecular complexity index is 1300. The van der Waals surface area contributed by atoms with E-state index in [1.165, 1.54) is 0 Å². The summed E-state index contributed by atoms with van der Waals surface area (Å²) in [7, 11) is -3.73. The first-order chi connectivity index (χ1) is 18.4. The minimum absolute atomic E-state index is 0.0288. The molecule has 38 heavy (non-hydrogen) atoms. The van der Waals surface area contributed by atoms with E-state index in [-0.39, 0.29) is 33.3 Å². The third-order valence-corrected chi connectivity index (χ3v) is 10.2. The molecule has 0 bridgehead atoms. The summed E-state index contributed by atoms with van der Waals surface area (Å²) < 4.78 is 39.6. The average molecular weight is 564 g/mol. The summed E-state index contributed by atoms with van der Waals surface area (Å²) in [4.78, 5) is 20.4. The van der Waals surface area contributed by atoms with Gasteiger partial charge < -0.3 is 14.4 Å². The number of carbonyl (C=O) groups is 1. The van der Waals surface area contributed by atoms with Crippen molar-refractivity contribution in [1.82, 2.24) is 24.5 Å². The Hall–Kier alpha value is -2.02. The first-order valence-corrected chi connectivity index (χ1v) is 15.5. The standard InChI is InChI=1S/C26H34ClN5O5S/c27-22-5-1-4-20-24-21(18-38(34,35)25(20)22)23(26(33)31-11-15-37-16-12-31)28-32(24)19-3-2-6-30(17-19)8-7-29-9-13-36-14-10-29/h1,4-5,19H,2-3,6-18H2/t19-/m1/s1. The van der Waals surface area contributed by atoms with Gasteiger partial charge in [-0.15, -0.1) is 0 Å². The molecule has 0 aliphatic carbocycles. The molecule has 12 heteroatoms. The number of rotatable bonds is 5. The third-order valence-electron chi connectivity index (χ3n) is 8.04. The van der Waals surface area contributed by atoms with E-state index < -0.39 is 9.84 Å². The summed E-state index contributed by atoms with van der Waals surface area (Å²) in [5.41, 5.74) is 1.98. The SMILES string of the molecule is O=C(c1nn([C@@H]2CCCN(CCN3CCOCC3)C2)c2c1CS(=O)(=O)c1c(Cl)cccc1-2)N1CCOCC1. The lowest BCUT2D eigenvalue weighted by Crippen LogP contribution is -2.44. The van der Waals surface area contributed by atoms with E-state index in [9.17, 15) is 13.2 Å². The van der Waals surface area contributed by atoms with Crippen LogP contribution in [0.2, 0.25) is 5.02 Å². The fraction of sp³-hybridized carbons (Fsp3) is 0.615. The highest BCUT2D eigenvalue weighted by Crippen LogP contribution is 2.44. The van der Waals surface area contributed by atoms with Crippen LogP contribution in [-0.2, 0) is 25.1 Å². The number of piperidine rings is 1. The number of nitrogens with zero attached hydrogens (tertiary/aromatic N) is 5. The van der Waals surface area contributed by atoms with E-state index in [2.05, 4.69) is 9.80 Å². The van der Waals surface area contributed by atoms with Crippen LogP contribution in [0.1, 0.15) is 34.9 Å². The molecule has 10 nitrogen and oxygen atoms in total. The topological polar surface area (TPSA) is 97.2 Å². The van der Waals surface area contributed by atoms with Crippen LogP contribution in [0.15, 0.2) is 23.1 Å². The number of likely N-dealkylation sites (tertiary alicyclic amines) is 1. The van der Waals surface area contributed by atoms with E-state index in [4.69, 9.17) is 26.2 Å². The number of ether oxygens (including phenoxy) is 2. The highest BCUT2D eigenvalue weighted by atomic mass is 35.5. The van der Waals surface area contributed by atoms with Crippen LogP contribution >= 0.6 is 11.6 Å². The molecule has 0 unspecified atom stereocenters. The van der Waals surface area contributed by atoms with Gasteiger partial charge in [0.15, 0.2) is 15.5 Å². The summed E-state index contributed by atoms with van der Waals surface area (Å²) in [6, 6.07) is 5.19. The lowest BCUT2D eigenvalue weighted by atomic mass is 10.0. The second-order valence-electron chi connectivity index (χ2n) is 10.5. The van der Waals surface area contributed by atoms with Crippen molar-refractivity contribution >= 4 is 27.3 Å². The van der Waals surface area contributed by atoms with Crippen molar-refractivity contribution < 1.29 is 22.7 Å². The average Bonchev–Trinajstić information content (AvgIpc) is 3.31. The van der Waals surface area contributed by atoms with Crippen LogP contribution in [0.25, 0.3) is 11.3 Å². The molecule has 0 spiro atoms. The van der Waals surface area contributed by atoms with Crippen molar-refractivity contribution in [3.63, 3.8) is 0 Å². The van der Waals surface area contributed by atoms with Gasteiger partial charge in [0.1, 0.15) is 0 Å². The van der Waals surface area contributed by atoms with Crippen molar-refractivity contribution in [3.8, 4) is 11.3 Å². The van der Waals surface area contributed by atoms with Gasteiger partial charge in [0, 0.05) is 56.9 Å². The van der Waals surface area contributed by atoms with Crippen LogP contribution in [0.4, 0.5) is 0 Å². The van der Waals surface area contributed by atoms with E-state index in [1.807, 2.05) is 4.68 Å². The Kier molecular flexibility index (Phi) is 7.49. The van der Waals surface area contributed by atoms with Crippen molar-refractivity contribution in [3.05, 3.63) is 34.5 Å². The number of amides is 1. The zero-order valence-corrected chi connectivity index (χ0v) is 23.1. The van der Waals surface area contributed by atoms with Gasteiger partial charge in [-0.25, -0.2) is 8.42 Å². The number of hydrogen-bond donors (Lipinski definition) is 0. The molecule has 3 saturated heterocycles. The van der Waals surface area contributed by atoms with E-state index in [1.54, 1.807) is 23.1 Å². The van der Waals surface area contributed by atoms with E-state index >= 15 is 0 Å². The molecule has 1 atom stereocenters. The number of hydrogen-bond acceptors (Lipinski definition) is 8. The highest BCUT2D eigenvalue weighted by Gasteiger charge is 2.40. The molecule has 206 valence electrons. The summed E-state index contributed by atoms with van der Waals surface area (Å²) >= 11 is 6.44. The highest BCUT2D eigenvalue weighted by molar-refractivity contribution is 7.91. The Morgan fingerprint density at radius 1 is 1.00 bits per heavy atom. The smallest absolute Gasteiger partial charge is 0.274 e. The van der Waals surface area contributed by atoms with Gasteiger partial charge in [-0.3, -0.25) is 19.3 Å². The third kappa shape index (κ3) is 5.00. The van der Waals surface area contributed by atoms with E-state index in [0.717, 1.165) is 65.3 Å². The molecule has 4 aliphatic heterocycles. The first kappa shape index (κ1) is 26.2. The first-order valence-electron chi connectivity index (χ1n) is 13.4. The van der Waals surface area contributed by atoms with Crippen molar-refractivity contribution in [2.75, 3.05) is 78.8 Å². The van der Waals surface area contributed by atoms with Gasteiger partial charge in [0.25, 0.3) is 5.91 Å². The van der Waals surface area contributed by atoms with Crippen LogP contribution < -0.4 is 0 Å². The summed E-state index contributed by atoms with van der Waals surface area (Å²) in [5.74, 6) is -0.512. The van der Waals surface area contributed by atoms with Crippen LogP contribution in [0, 0.1) is 0 Å². The van der Waals surface area contributed by atoms with Crippen molar-refractivity contribution in [1.29, 1.82) is 0 Å². The minimum Gasteiger partial charge on any atom is -0.379 e. The quantitative estimate of drug-likeness (QED) is 0.544. The predicted molar refractivity (Wildman–Crippen MR) is 142 cm³/mol. The normalized spacial score (nSPS) is 24.1. The number of morpholine rings is 2. The van der Waals surface area contributed by atoms with Gasteiger partial charge in [-0.2, -0.15) is 5.10 Å². The largest absolute Gasteiger partial charge is 0.379 e. The molecule has 2 aromatic rings. The van der Waals surface area contributed by atoms with Gasteiger partial charge in [0.2, 0.25) is 0 Å². The minimum atomic E-state index is -3.73. The molecule has 1 amide bonds. The monoisotopic (exact) mass is 563 g/mol. The second kappa shape index (κ2) is 10.9. The zero-order valence-electron chi connectivity index (χ0n) is 21.5. The fourth-order valence-corrected chi connectivity index (χ4v) is 8.25. The Morgan fingerprint density at radius 2 is 1.71 bits per heavy atom. The van der Waals surface area contributed by atoms with Crippen LogP contribution in [0.3, 0.4) is 0 Å². The van der Waals surface area contributed by atoms with Gasteiger partial charge in [-0.05, 0) is 25.5 Å². The predicted octanol–water partition coefficient (Wildman–Crippen LogP) is 1.93. The molecular weight excluding hydrogens is 530 g/mol. The summed E-state index contributed by atoms with van der Waals surface area (Å²) in [6.45, 7) is 9.11. The lowest BCUT2D eigenvalue weighted by Gasteiger charge is -2.36. The van der Waals surface area contributed by atoms with Gasteiger partial charge >= 0.3 is 0 Å². The number of carbonyl (C=O) groups excluding carboxylic acids is 1. The van der Waals surface area contributed by atoms with E-state index in [0.29, 0.717) is 43.1 Å². The van der Waals surface area contributed by atoms with Crippen LogP contribution in [-0.4, -0.2) is 118 Å². The maximum atomic E-state index is 13.6. The molecule has 5 heterocycles. The van der Waals surface area contributed by atoms with Crippen LogP contribution in [0.5, 0.6) is 0 Å². The van der Waals surface area contributed by atoms with Gasteiger partial charge in [0.05, 0.1) is 53.8 Å². The molecule has 0 radical (unpaired) electrons. The molecule has 4 aliphatic rings. The molecule has 1 aromatic heterocycles. The number of halogens is 1. The molecular formula is C26H34ClN5O5S. The summed E-state index contributed by atoms with van der Waals surface area (Å²) in [5, 5.41) is 5.10. The molecule has 0 saturated carbocycles. The number of sulfone groups is 1. The summed E-state index contributed by atoms with van der Waals surface area (Å²) in [6.07, 6.45) is 1.92. The Balaban J connectivity index is 1.36. The number of fused-ring (bicyclic) bond motifs is 3. The Morgan fingerprint density at radius 3 is 2.47 bits per heavy atom.